The Morgan fingerprint density at radius 2 is 2.06 bits per heavy atom. The molecule has 18 heavy (non-hydrogen) atoms. The zero-order chi connectivity index (χ0) is 13.0. The van der Waals surface area contributed by atoms with E-state index in [1.807, 2.05) is 12.1 Å². The number of ether oxygens (including phenoxy) is 1. The lowest BCUT2D eigenvalue weighted by Crippen LogP contribution is -1.98. The van der Waals surface area contributed by atoms with Crippen LogP contribution in [0.15, 0.2) is 36.4 Å². The van der Waals surface area contributed by atoms with Crippen LogP contribution in [0.3, 0.4) is 0 Å². The lowest BCUT2D eigenvalue weighted by molar-refractivity contribution is 0.294. The maximum atomic E-state index is 6.08. The van der Waals surface area contributed by atoms with Gasteiger partial charge in [-0.2, -0.15) is 0 Å². The van der Waals surface area contributed by atoms with E-state index in [1.54, 1.807) is 24.3 Å². The van der Waals surface area contributed by atoms with E-state index in [0.29, 0.717) is 22.7 Å². The molecule has 0 radical (unpaired) electrons. The Balaban J connectivity index is 2.09. The van der Waals surface area contributed by atoms with Gasteiger partial charge in [0.1, 0.15) is 11.8 Å². The summed E-state index contributed by atoms with van der Waals surface area (Å²) in [4.78, 5) is 4.02. The molecule has 0 N–H and O–H groups in total. The molecule has 90 valence electrons. The molecule has 2 rings (SSSR count). The van der Waals surface area contributed by atoms with E-state index < -0.39 is 0 Å². The summed E-state index contributed by atoms with van der Waals surface area (Å²) in [6.07, 6.45) is 5.29. The minimum Gasteiger partial charge on any atom is -0.473 e. The number of halogens is 2. The Kier molecular flexibility index (Phi) is 4.09. The van der Waals surface area contributed by atoms with Crippen LogP contribution in [0.2, 0.25) is 10.2 Å². The lowest BCUT2D eigenvalue weighted by atomic mass is 10.1. The maximum absolute atomic E-state index is 6.08. The van der Waals surface area contributed by atoms with E-state index in [-0.39, 0.29) is 0 Å². The van der Waals surface area contributed by atoms with Crippen molar-refractivity contribution in [2.45, 2.75) is 6.61 Å². The molecule has 0 aliphatic heterocycles. The molecule has 2 nitrogen and oxygen atoms in total. The second kappa shape index (κ2) is 5.77. The topological polar surface area (TPSA) is 22.1 Å². The molecule has 4 heteroatoms. The predicted molar refractivity (Wildman–Crippen MR) is 73.0 cm³/mol. The van der Waals surface area contributed by atoms with Crippen LogP contribution in [0.4, 0.5) is 0 Å². The van der Waals surface area contributed by atoms with Gasteiger partial charge in [0.2, 0.25) is 5.88 Å². The van der Waals surface area contributed by atoms with Crippen LogP contribution >= 0.6 is 23.2 Å². The van der Waals surface area contributed by atoms with Gasteiger partial charge in [-0.3, -0.25) is 0 Å². The Labute approximate surface area is 116 Å². The fourth-order valence-corrected chi connectivity index (χ4v) is 1.77. The highest BCUT2D eigenvalue weighted by molar-refractivity contribution is 6.31. The monoisotopic (exact) mass is 277 g/mol. The first-order valence-corrected chi connectivity index (χ1v) is 5.95. The van der Waals surface area contributed by atoms with Crippen molar-refractivity contribution < 1.29 is 4.74 Å². The SMILES string of the molecule is C#Cc1ccc(COc2cccc(Cl)n2)c(Cl)c1. The summed E-state index contributed by atoms with van der Waals surface area (Å²) in [6.45, 7) is 0.316. The lowest BCUT2D eigenvalue weighted by Gasteiger charge is -2.07. The van der Waals surface area contributed by atoms with E-state index in [4.69, 9.17) is 34.4 Å². The molecular weight excluding hydrogens is 269 g/mol. The van der Waals surface area contributed by atoms with Gasteiger partial charge in [0.25, 0.3) is 0 Å². The first kappa shape index (κ1) is 12.8. The number of hydrogen-bond acceptors (Lipinski definition) is 2. The quantitative estimate of drug-likeness (QED) is 0.626. The summed E-state index contributed by atoms with van der Waals surface area (Å²) < 4.78 is 5.50. The van der Waals surface area contributed by atoms with Crippen LogP contribution in [0, 0.1) is 12.3 Å². The molecule has 0 bridgehead atoms. The van der Waals surface area contributed by atoms with Crippen LogP contribution in [-0.2, 0) is 6.61 Å². The largest absolute Gasteiger partial charge is 0.473 e. The molecule has 0 unspecified atom stereocenters. The normalized spacial score (nSPS) is 9.83. The Hall–Kier alpha value is -1.69. The molecule has 1 aromatic carbocycles. The Morgan fingerprint density at radius 3 is 2.72 bits per heavy atom. The first-order valence-electron chi connectivity index (χ1n) is 5.19. The van der Waals surface area contributed by atoms with Crippen molar-refractivity contribution in [2.75, 3.05) is 0 Å². The van der Waals surface area contributed by atoms with Crippen LogP contribution < -0.4 is 4.74 Å². The van der Waals surface area contributed by atoms with Gasteiger partial charge in [-0.1, -0.05) is 41.3 Å². The van der Waals surface area contributed by atoms with Crippen molar-refractivity contribution >= 4 is 23.2 Å². The number of pyridine rings is 1. The zero-order valence-corrected chi connectivity index (χ0v) is 10.9. The van der Waals surface area contributed by atoms with Gasteiger partial charge in [0, 0.05) is 22.2 Å². The summed E-state index contributed by atoms with van der Waals surface area (Å²) in [6, 6.07) is 10.6. The third kappa shape index (κ3) is 3.16. The highest BCUT2D eigenvalue weighted by Gasteiger charge is 2.03. The molecule has 1 aromatic heterocycles. The van der Waals surface area contributed by atoms with E-state index in [1.165, 1.54) is 0 Å². The molecule has 0 saturated carbocycles. The second-order valence-electron chi connectivity index (χ2n) is 3.54. The highest BCUT2D eigenvalue weighted by atomic mass is 35.5. The van der Waals surface area contributed by atoms with Gasteiger partial charge >= 0.3 is 0 Å². The maximum Gasteiger partial charge on any atom is 0.214 e. The van der Waals surface area contributed by atoms with Crippen molar-refractivity contribution in [3.05, 3.63) is 57.7 Å². The van der Waals surface area contributed by atoms with Gasteiger partial charge in [-0.25, -0.2) is 4.98 Å². The first-order chi connectivity index (χ1) is 8.69. The number of nitrogens with zero attached hydrogens (tertiary/aromatic N) is 1. The number of hydrogen-bond donors (Lipinski definition) is 0. The van der Waals surface area contributed by atoms with Crippen LogP contribution in [0.5, 0.6) is 5.88 Å². The molecule has 0 fully saturated rings. The summed E-state index contributed by atoms with van der Waals surface area (Å²) in [5.41, 5.74) is 1.59. The summed E-state index contributed by atoms with van der Waals surface area (Å²) in [5, 5.41) is 0.966. The number of rotatable bonds is 3. The molecule has 1 heterocycles. The molecule has 0 aliphatic rings. The molecule has 0 aliphatic carbocycles. The van der Waals surface area contributed by atoms with Crippen molar-refractivity contribution in [3.8, 4) is 18.2 Å². The molecule has 0 amide bonds. The fourth-order valence-electron chi connectivity index (χ4n) is 1.38. The summed E-state index contributed by atoms with van der Waals surface area (Å²) >= 11 is 11.8. The van der Waals surface area contributed by atoms with Crippen molar-refractivity contribution in [1.82, 2.24) is 4.98 Å². The van der Waals surface area contributed by atoms with E-state index in [9.17, 15) is 0 Å². The smallest absolute Gasteiger partial charge is 0.214 e. The standard InChI is InChI=1S/C14H9Cl2NO/c1-2-10-6-7-11(12(15)8-10)9-18-14-5-3-4-13(16)17-14/h1,3-8H,9H2. The van der Waals surface area contributed by atoms with Crippen molar-refractivity contribution in [2.24, 2.45) is 0 Å². The van der Waals surface area contributed by atoms with Crippen molar-refractivity contribution in [1.29, 1.82) is 0 Å². The van der Waals surface area contributed by atoms with Gasteiger partial charge in [0.05, 0.1) is 0 Å². The van der Waals surface area contributed by atoms with Gasteiger partial charge in [-0.15, -0.1) is 6.42 Å². The van der Waals surface area contributed by atoms with Crippen LogP contribution in [0.25, 0.3) is 0 Å². The average molecular weight is 278 g/mol. The van der Waals surface area contributed by atoms with Crippen LogP contribution in [0.1, 0.15) is 11.1 Å². The minimum atomic E-state index is 0.316. The predicted octanol–water partition coefficient (Wildman–Crippen LogP) is 3.95. The van der Waals surface area contributed by atoms with Gasteiger partial charge in [-0.05, 0) is 18.2 Å². The molecule has 0 spiro atoms. The van der Waals surface area contributed by atoms with E-state index in [0.717, 1.165) is 11.1 Å². The Morgan fingerprint density at radius 1 is 1.22 bits per heavy atom. The molecule has 0 saturated heterocycles. The number of aromatic nitrogens is 1. The Bertz CT molecular complexity index is 605. The van der Waals surface area contributed by atoms with E-state index >= 15 is 0 Å². The highest BCUT2D eigenvalue weighted by Crippen LogP contribution is 2.20. The van der Waals surface area contributed by atoms with Gasteiger partial charge < -0.3 is 4.74 Å². The average Bonchev–Trinajstić information content (AvgIpc) is 2.37. The van der Waals surface area contributed by atoms with Crippen LogP contribution in [-0.4, -0.2) is 4.98 Å². The molecular formula is C14H9Cl2NO. The molecule has 2 aromatic rings. The summed E-state index contributed by atoms with van der Waals surface area (Å²) in [5.74, 6) is 2.98. The zero-order valence-electron chi connectivity index (χ0n) is 9.36. The molecule has 0 atom stereocenters. The fraction of sp³-hybridized carbons (Fsp3) is 0.0714. The number of terminal acetylenes is 1. The third-order valence-corrected chi connectivity index (χ3v) is 2.85. The van der Waals surface area contributed by atoms with E-state index in [2.05, 4.69) is 10.9 Å². The number of benzene rings is 1. The minimum absolute atomic E-state index is 0.316. The summed E-state index contributed by atoms with van der Waals surface area (Å²) in [7, 11) is 0. The second-order valence-corrected chi connectivity index (χ2v) is 4.33. The van der Waals surface area contributed by atoms with Crippen molar-refractivity contribution in [3.63, 3.8) is 0 Å². The van der Waals surface area contributed by atoms with Gasteiger partial charge in [0.15, 0.2) is 0 Å². The third-order valence-electron chi connectivity index (χ3n) is 2.28.